The molecule has 10 nitrogen and oxygen atoms in total. The summed E-state index contributed by atoms with van der Waals surface area (Å²) in [5, 5.41) is 31.2. The average molecular weight is 539 g/mol. The van der Waals surface area contributed by atoms with Gasteiger partial charge in [-0.05, 0) is 24.0 Å². The number of hydrogen-bond donors (Lipinski definition) is 4. The number of aromatic nitrogens is 4. The van der Waals surface area contributed by atoms with Crippen LogP contribution in [0.1, 0.15) is 47.0 Å². The van der Waals surface area contributed by atoms with E-state index in [-0.39, 0.29) is 6.54 Å². The Hall–Kier alpha value is -2.82. The highest BCUT2D eigenvalue weighted by atomic mass is 35.5. The number of carbonyl (C=O) groups is 2. The molecule has 3 rings (SSSR count). The normalized spacial score (nSPS) is 14.4. The van der Waals surface area contributed by atoms with Crippen LogP contribution in [0.25, 0.3) is 11.0 Å². The molecule has 0 bridgehead atoms. The predicted octanol–water partition coefficient (Wildman–Crippen LogP) is 5.02. The fourth-order valence-corrected chi connectivity index (χ4v) is 4.56. The first-order chi connectivity index (χ1) is 16.9. The number of imidazole rings is 1. The maximum Gasteiger partial charge on any atom is 0.407 e. The van der Waals surface area contributed by atoms with Gasteiger partial charge in [-0.2, -0.15) is 5.10 Å². The number of aliphatic hydroxyl groups is 1. The van der Waals surface area contributed by atoms with Crippen LogP contribution in [0.3, 0.4) is 0 Å². The first-order valence-electron chi connectivity index (χ1n) is 11.7. The van der Waals surface area contributed by atoms with Crippen molar-refractivity contribution in [2.75, 3.05) is 5.32 Å². The Bertz CT molecular complexity index is 1190. The van der Waals surface area contributed by atoms with E-state index in [1.54, 1.807) is 24.5 Å². The number of aromatic amines is 1. The smallest absolute Gasteiger partial charge is 0.407 e. The summed E-state index contributed by atoms with van der Waals surface area (Å²) in [6, 6.07) is 3.28. The van der Waals surface area contributed by atoms with Crippen LogP contribution in [0.5, 0.6) is 0 Å². The van der Waals surface area contributed by atoms with E-state index in [0.29, 0.717) is 39.7 Å². The van der Waals surface area contributed by atoms with Crippen LogP contribution < -0.4 is 5.32 Å². The molecule has 0 saturated heterocycles. The van der Waals surface area contributed by atoms with E-state index in [0.717, 1.165) is 6.42 Å². The number of benzene rings is 1. The summed E-state index contributed by atoms with van der Waals surface area (Å²) < 4.78 is 1.82. The third-order valence-corrected chi connectivity index (χ3v) is 6.91. The molecule has 1 unspecified atom stereocenters. The monoisotopic (exact) mass is 538 g/mol. The first-order valence-corrected chi connectivity index (χ1v) is 12.5. The summed E-state index contributed by atoms with van der Waals surface area (Å²) in [5.41, 5.74) is 0.766. The van der Waals surface area contributed by atoms with Gasteiger partial charge < -0.3 is 20.1 Å². The Morgan fingerprint density at radius 2 is 1.94 bits per heavy atom. The molecule has 0 aliphatic carbocycles. The van der Waals surface area contributed by atoms with Crippen LogP contribution in [-0.4, -0.2) is 65.0 Å². The summed E-state index contributed by atoms with van der Waals surface area (Å²) >= 11 is 12.4. The third kappa shape index (κ3) is 6.29. The van der Waals surface area contributed by atoms with Crippen LogP contribution >= 0.6 is 23.2 Å². The molecule has 0 aliphatic rings. The highest BCUT2D eigenvalue weighted by molar-refractivity contribution is 6.42. The van der Waals surface area contributed by atoms with Gasteiger partial charge in [0.15, 0.2) is 6.10 Å². The second-order valence-corrected chi connectivity index (χ2v) is 10.7. The van der Waals surface area contributed by atoms with Crippen molar-refractivity contribution in [3.8, 4) is 0 Å². The molecule has 2 heterocycles. The fourth-order valence-electron chi connectivity index (χ4n) is 4.24. The number of fused-ring (bicyclic) bond motifs is 1. The van der Waals surface area contributed by atoms with Gasteiger partial charge in [-0.3, -0.25) is 14.8 Å². The molecule has 2 amide bonds. The molecule has 1 aromatic carbocycles. The number of nitrogens with zero attached hydrogens (tertiary/aromatic N) is 4. The van der Waals surface area contributed by atoms with Crippen molar-refractivity contribution >= 4 is 52.1 Å². The molecule has 0 aliphatic heterocycles. The Morgan fingerprint density at radius 3 is 2.53 bits per heavy atom. The van der Waals surface area contributed by atoms with E-state index in [1.807, 2.05) is 32.3 Å². The van der Waals surface area contributed by atoms with Crippen LogP contribution in [0.2, 0.25) is 10.0 Å². The molecule has 3 aromatic rings. The zero-order valence-corrected chi connectivity index (χ0v) is 22.2. The van der Waals surface area contributed by atoms with Gasteiger partial charge in [-0.1, -0.05) is 63.7 Å². The number of rotatable bonds is 10. The van der Waals surface area contributed by atoms with Crippen molar-refractivity contribution in [3.05, 3.63) is 40.8 Å². The molecular weight excluding hydrogens is 507 g/mol. The zero-order valence-electron chi connectivity index (χ0n) is 20.7. The van der Waals surface area contributed by atoms with Gasteiger partial charge in [0.05, 0.1) is 45.7 Å². The van der Waals surface area contributed by atoms with Crippen molar-refractivity contribution in [2.45, 2.75) is 71.7 Å². The van der Waals surface area contributed by atoms with Gasteiger partial charge in [-0.25, -0.2) is 9.78 Å². The van der Waals surface area contributed by atoms with Crippen molar-refractivity contribution in [1.82, 2.24) is 24.6 Å². The minimum absolute atomic E-state index is 0.224. The zero-order chi connectivity index (χ0) is 26.6. The van der Waals surface area contributed by atoms with Gasteiger partial charge in [0, 0.05) is 12.6 Å². The maximum atomic E-state index is 12.9. The highest BCUT2D eigenvalue weighted by Gasteiger charge is 2.42. The van der Waals surface area contributed by atoms with E-state index >= 15 is 0 Å². The number of H-pyrrole nitrogens is 1. The fraction of sp³-hybridized carbons (Fsp3) is 0.500. The van der Waals surface area contributed by atoms with Crippen LogP contribution in [-0.2, 0) is 11.3 Å². The third-order valence-electron chi connectivity index (χ3n) is 6.19. The van der Waals surface area contributed by atoms with Crippen molar-refractivity contribution in [2.24, 2.45) is 5.41 Å². The topological polar surface area (TPSA) is 136 Å². The minimum atomic E-state index is -1.60. The molecular formula is C24H32Cl2N6O4. The van der Waals surface area contributed by atoms with E-state index < -0.39 is 35.6 Å². The number of carbonyl (C=O) groups excluding carboxylic acids is 1. The Balaban J connectivity index is 2.00. The second-order valence-electron chi connectivity index (χ2n) is 9.84. The molecule has 0 spiro atoms. The van der Waals surface area contributed by atoms with Gasteiger partial charge in [-0.15, -0.1) is 0 Å². The van der Waals surface area contributed by atoms with Crippen LogP contribution in [0.15, 0.2) is 30.7 Å². The van der Waals surface area contributed by atoms with Gasteiger partial charge in [0.25, 0.3) is 5.91 Å². The molecule has 36 heavy (non-hydrogen) atoms. The summed E-state index contributed by atoms with van der Waals surface area (Å²) in [6.45, 7) is 7.95. The van der Waals surface area contributed by atoms with E-state index in [1.165, 1.54) is 11.1 Å². The van der Waals surface area contributed by atoms with Gasteiger partial charge in [0.1, 0.15) is 5.82 Å². The molecule has 0 radical (unpaired) electrons. The number of nitrogens with one attached hydrogen (secondary N) is 2. The van der Waals surface area contributed by atoms with Gasteiger partial charge >= 0.3 is 6.09 Å². The lowest BCUT2D eigenvalue weighted by molar-refractivity contribution is -0.128. The standard InChI is InChI=1S/C24H32Cl2N6O4/c1-5-6-7-17(21(33)22(34)29-20-8-9-28-30-20)32(23(35)36)19(24(2,3)4)12-31-13-27-16-10-14(25)15(26)11-18(16)31/h8-11,13,17,19,21,33H,5-7,12H2,1-4H3,(H,35,36)(H2,28,29,30,34)/t17-,19?,21+/m0/s1. The van der Waals surface area contributed by atoms with E-state index in [4.69, 9.17) is 23.2 Å². The Kier molecular flexibility index (Phi) is 8.86. The van der Waals surface area contributed by atoms with Crippen LogP contribution in [0, 0.1) is 5.41 Å². The highest BCUT2D eigenvalue weighted by Crippen LogP contribution is 2.33. The maximum absolute atomic E-state index is 12.9. The van der Waals surface area contributed by atoms with Crippen molar-refractivity contribution in [1.29, 1.82) is 0 Å². The summed E-state index contributed by atoms with van der Waals surface area (Å²) in [6.07, 6.45) is 1.94. The second kappa shape index (κ2) is 11.5. The molecule has 3 atom stereocenters. The SMILES string of the molecule is CCCC[C@@H]([C@@H](O)C(=O)Nc1ccn[nH]1)N(C(=O)O)C(Cn1cnc2cc(Cl)c(Cl)cc21)C(C)(C)C. The molecule has 2 aromatic heterocycles. The summed E-state index contributed by atoms with van der Waals surface area (Å²) in [4.78, 5) is 31.2. The molecule has 196 valence electrons. The Morgan fingerprint density at radius 1 is 1.25 bits per heavy atom. The van der Waals surface area contributed by atoms with E-state index in [2.05, 4.69) is 20.5 Å². The average Bonchev–Trinajstić information content (AvgIpc) is 3.44. The number of halogens is 2. The van der Waals surface area contributed by atoms with Crippen molar-refractivity contribution in [3.63, 3.8) is 0 Å². The number of aliphatic hydroxyl groups excluding tert-OH is 1. The number of carboxylic acid groups (broad SMARTS) is 1. The largest absolute Gasteiger partial charge is 0.465 e. The first kappa shape index (κ1) is 27.8. The number of unbranched alkanes of at least 4 members (excludes halogenated alkanes) is 1. The summed E-state index contributed by atoms with van der Waals surface area (Å²) in [7, 11) is 0. The number of amides is 2. The van der Waals surface area contributed by atoms with Crippen LogP contribution in [0.4, 0.5) is 10.6 Å². The number of hydrogen-bond acceptors (Lipinski definition) is 5. The molecule has 0 saturated carbocycles. The quantitative estimate of drug-likeness (QED) is 0.286. The minimum Gasteiger partial charge on any atom is -0.465 e. The lowest BCUT2D eigenvalue weighted by atomic mass is 9.83. The Labute approximate surface area is 219 Å². The lowest BCUT2D eigenvalue weighted by Gasteiger charge is -2.44. The van der Waals surface area contributed by atoms with Crippen molar-refractivity contribution < 1.29 is 19.8 Å². The van der Waals surface area contributed by atoms with E-state index in [9.17, 15) is 19.8 Å². The molecule has 12 heteroatoms. The number of anilines is 1. The predicted molar refractivity (Wildman–Crippen MR) is 139 cm³/mol. The molecule has 4 N–H and O–H groups in total. The van der Waals surface area contributed by atoms with Gasteiger partial charge in [0.2, 0.25) is 0 Å². The lowest BCUT2D eigenvalue weighted by Crippen LogP contribution is -2.59. The summed E-state index contributed by atoms with van der Waals surface area (Å²) in [5.74, 6) is -0.406. The molecule has 0 fully saturated rings.